The highest BCUT2D eigenvalue weighted by atomic mass is 16.5. The summed E-state index contributed by atoms with van der Waals surface area (Å²) in [6.07, 6.45) is 4.67. The maximum atomic E-state index is 6.42. The van der Waals surface area contributed by atoms with E-state index in [4.69, 9.17) is 10.5 Å². The molecule has 1 aromatic carbocycles. The molecule has 2 N–H and O–H groups in total. The van der Waals surface area contributed by atoms with Crippen LogP contribution in [0.15, 0.2) is 42.7 Å². The summed E-state index contributed by atoms with van der Waals surface area (Å²) in [5.74, 6) is 0.883. The number of ether oxygens (including phenoxy) is 1. The molecule has 4 heteroatoms. The van der Waals surface area contributed by atoms with Gasteiger partial charge in [0.15, 0.2) is 0 Å². The highest BCUT2D eigenvalue weighted by molar-refractivity contribution is 5.21. The van der Waals surface area contributed by atoms with Crippen LogP contribution in [0.3, 0.4) is 0 Å². The average Bonchev–Trinajstić information content (AvgIpc) is 2.94. The van der Waals surface area contributed by atoms with Crippen molar-refractivity contribution in [2.24, 2.45) is 5.73 Å². The third-order valence-corrected chi connectivity index (χ3v) is 3.31. The van der Waals surface area contributed by atoms with Crippen LogP contribution in [0.2, 0.25) is 0 Å². The van der Waals surface area contributed by atoms with Gasteiger partial charge in [0.2, 0.25) is 0 Å². The van der Waals surface area contributed by atoms with E-state index in [0.717, 1.165) is 24.4 Å². The Morgan fingerprint density at radius 3 is 2.65 bits per heavy atom. The molecule has 0 bridgehead atoms. The lowest BCUT2D eigenvalue weighted by molar-refractivity contribution is 0.0400. The Kier molecular flexibility index (Phi) is 5.32. The molecule has 0 aliphatic carbocycles. The number of imidazole rings is 1. The van der Waals surface area contributed by atoms with Gasteiger partial charge < -0.3 is 15.0 Å². The first-order chi connectivity index (χ1) is 9.77. The molecule has 1 aromatic heterocycles. The molecule has 2 aromatic rings. The fourth-order valence-electron chi connectivity index (χ4n) is 2.41. The Labute approximate surface area is 120 Å². The van der Waals surface area contributed by atoms with Crippen LogP contribution >= 0.6 is 0 Å². The van der Waals surface area contributed by atoms with Crippen LogP contribution < -0.4 is 5.73 Å². The monoisotopic (exact) mass is 273 g/mol. The zero-order chi connectivity index (χ0) is 14.4. The molecular weight excluding hydrogens is 250 g/mol. The first-order valence-corrected chi connectivity index (χ1v) is 7.21. The second-order valence-corrected chi connectivity index (χ2v) is 4.79. The van der Waals surface area contributed by atoms with E-state index in [-0.39, 0.29) is 12.1 Å². The van der Waals surface area contributed by atoms with E-state index < -0.39 is 0 Å². The number of benzene rings is 1. The molecule has 2 rings (SSSR count). The number of nitrogens with two attached hydrogens (primary N) is 1. The molecule has 2 atom stereocenters. The molecule has 0 amide bonds. The summed E-state index contributed by atoms with van der Waals surface area (Å²) >= 11 is 0. The maximum absolute atomic E-state index is 6.42. The van der Waals surface area contributed by atoms with Gasteiger partial charge in [0.25, 0.3) is 0 Å². The number of rotatable bonds is 7. The summed E-state index contributed by atoms with van der Waals surface area (Å²) in [5, 5.41) is 0. The van der Waals surface area contributed by atoms with Crippen molar-refractivity contribution in [2.45, 2.75) is 39.0 Å². The second kappa shape index (κ2) is 7.22. The first-order valence-electron chi connectivity index (χ1n) is 7.21. The first kappa shape index (κ1) is 14.8. The highest BCUT2D eigenvalue weighted by Crippen LogP contribution is 2.29. The normalized spacial score (nSPS) is 14.2. The van der Waals surface area contributed by atoms with Gasteiger partial charge in [-0.15, -0.1) is 0 Å². The van der Waals surface area contributed by atoms with Crippen molar-refractivity contribution in [1.82, 2.24) is 9.55 Å². The zero-order valence-electron chi connectivity index (χ0n) is 12.2. The molecular formula is C16H23N3O. The van der Waals surface area contributed by atoms with Gasteiger partial charge in [-0.1, -0.05) is 37.3 Å². The number of aryl methyl sites for hydroxylation is 1. The molecule has 20 heavy (non-hydrogen) atoms. The molecule has 0 aliphatic heterocycles. The second-order valence-electron chi connectivity index (χ2n) is 4.79. The van der Waals surface area contributed by atoms with E-state index in [1.807, 2.05) is 43.5 Å². The standard InChI is InChI=1S/C16H23N3O/c1-3-11-19-12-10-18-16(19)14(17)15(20-4-2)13-8-6-5-7-9-13/h5-10,12,14-15H,3-4,11,17H2,1-2H3. The van der Waals surface area contributed by atoms with Crippen LogP contribution in [0.25, 0.3) is 0 Å². The van der Waals surface area contributed by atoms with E-state index in [9.17, 15) is 0 Å². The third kappa shape index (κ3) is 3.26. The molecule has 1 heterocycles. The summed E-state index contributed by atoms with van der Waals surface area (Å²) in [6.45, 7) is 5.69. The van der Waals surface area contributed by atoms with E-state index in [0.29, 0.717) is 6.61 Å². The van der Waals surface area contributed by atoms with Crippen molar-refractivity contribution >= 4 is 0 Å². The largest absolute Gasteiger partial charge is 0.372 e. The molecule has 108 valence electrons. The SMILES string of the molecule is CCCn1ccnc1C(N)C(OCC)c1ccccc1. The van der Waals surface area contributed by atoms with Crippen molar-refractivity contribution in [3.63, 3.8) is 0 Å². The van der Waals surface area contributed by atoms with Gasteiger partial charge in [0, 0.05) is 25.5 Å². The summed E-state index contributed by atoms with van der Waals surface area (Å²) in [5.41, 5.74) is 7.52. The summed E-state index contributed by atoms with van der Waals surface area (Å²) in [7, 11) is 0. The number of aromatic nitrogens is 2. The summed E-state index contributed by atoms with van der Waals surface area (Å²) in [6, 6.07) is 9.84. The molecule has 0 fully saturated rings. The van der Waals surface area contributed by atoms with Gasteiger partial charge in [-0.25, -0.2) is 4.98 Å². The van der Waals surface area contributed by atoms with Crippen molar-refractivity contribution in [3.8, 4) is 0 Å². The minimum atomic E-state index is -0.265. The van der Waals surface area contributed by atoms with Crippen LogP contribution in [0, 0.1) is 0 Å². The maximum Gasteiger partial charge on any atom is 0.128 e. The van der Waals surface area contributed by atoms with Gasteiger partial charge in [0.1, 0.15) is 11.9 Å². The van der Waals surface area contributed by atoms with Crippen molar-refractivity contribution in [2.75, 3.05) is 6.61 Å². The van der Waals surface area contributed by atoms with E-state index in [1.54, 1.807) is 6.20 Å². The van der Waals surface area contributed by atoms with Crippen LogP contribution in [0.5, 0.6) is 0 Å². The Morgan fingerprint density at radius 2 is 2.00 bits per heavy atom. The minimum absolute atomic E-state index is 0.167. The van der Waals surface area contributed by atoms with E-state index in [2.05, 4.69) is 16.5 Å². The van der Waals surface area contributed by atoms with Gasteiger partial charge >= 0.3 is 0 Å². The topological polar surface area (TPSA) is 53.1 Å². The van der Waals surface area contributed by atoms with Crippen molar-refractivity contribution < 1.29 is 4.74 Å². The molecule has 0 aliphatic rings. The Balaban J connectivity index is 2.27. The fraction of sp³-hybridized carbons (Fsp3) is 0.438. The Bertz CT molecular complexity index is 509. The lowest BCUT2D eigenvalue weighted by Gasteiger charge is -2.24. The van der Waals surface area contributed by atoms with Crippen LogP contribution in [-0.2, 0) is 11.3 Å². The van der Waals surface area contributed by atoms with Crippen LogP contribution in [0.4, 0.5) is 0 Å². The predicted molar refractivity (Wildman–Crippen MR) is 80.3 cm³/mol. The quantitative estimate of drug-likeness (QED) is 0.843. The third-order valence-electron chi connectivity index (χ3n) is 3.31. The zero-order valence-corrected chi connectivity index (χ0v) is 12.2. The van der Waals surface area contributed by atoms with Gasteiger partial charge in [-0.3, -0.25) is 0 Å². The molecule has 0 saturated heterocycles. The molecule has 0 spiro atoms. The number of hydrogen-bond donors (Lipinski definition) is 1. The highest BCUT2D eigenvalue weighted by Gasteiger charge is 2.25. The lowest BCUT2D eigenvalue weighted by atomic mass is 10.0. The van der Waals surface area contributed by atoms with Gasteiger partial charge in [-0.05, 0) is 18.9 Å². The predicted octanol–water partition coefficient (Wildman–Crippen LogP) is 3.07. The molecule has 4 nitrogen and oxygen atoms in total. The summed E-state index contributed by atoms with van der Waals surface area (Å²) in [4.78, 5) is 4.42. The molecule has 0 radical (unpaired) electrons. The Hall–Kier alpha value is -1.65. The number of nitrogens with zero attached hydrogens (tertiary/aromatic N) is 2. The van der Waals surface area contributed by atoms with E-state index in [1.165, 1.54) is 0 Å². The average molecular weight is 273 g/mol. The minimum Gasteiger partial charge on any atom is -0.372 e. The van der Waals surface area contributed by atoms with Crippen LogP contribution in [-0.4, -0.2) is 16.2 Å². The summed E-state index contributed by atoms with van der Waals surface area (Å²) < 4.78 is 7.98. The van der Waals surface area contributed by atoms with Crippen molar-refractivity contribution in [3.05, 3.63) is 54.1 Å². The molecule has 0 saturated carbocycles. The smallest absolute Gasteiger partial charge is 0.128 e. The van der Waals surface area contributed by atoms with Gasteiger partial charge in [0.05, 0.1) is 6.04 Å². The van der Waals surface area contributed by atoms with Gasteiger partial charge in [-0.2, -0.15) is 0 Å². The van der Waals surface area contributed by atoms with Crippen molar-refractivity contribution in [1.29, 1.82) is 0 Å². The lowest BCUT2D eigenvalue weighted by Crippen LogP contribution is -2.25. The van der Waals surface area contributed by atoms with E-state index >= 15 is 0 Å². The number of hydrogen-bond acceptors (Lipinski definition) is 3. The van der Waals surface area contributed by atoms with Crippen LogP contribution in [0.1, 0.15) is 43.8 Å². The molecule has 2 unspecified atom stereocenters. The Morgan fingerprint density at radius 1 is 1.25 bits per heavy atom. The fourth-order valence-corrected chi connectivity index (χ4v) is 2.41.